The quantitative estimate of drug-likeness (QED) is 0.365. The van der Waals surface area contributed by atoms with E-state index in [1.807, 2.05) is 11.8 Å². The molecule has 1 aliphatic heterocycles. The molecule has 3 heteroatoms. The molecule has 1 unspecified atom stereocenters. The average Bonchev–Trinajstić information content (AvgIpc) is 2.52. The van der Waals surface area contributed by atoms with Gasteiger partial charge in [-0.2, -0.15) is 11.8 Å². The van der Waals surface area contributed by atoms with E-state index in [4.69, 9.17) is 0 Å². The normalized spacial score (nSPS) is 22.7. The first-order valence-electron chi connectivity index (χ1n) is 3.63. The molecule has 11 heavy (non-hydrogen) atoms. The Bertz CT molecular complexity index is 190. The molecule has 0 radical (unpaired) electrons. The first-order chi connectivity index (χ1) is 5.34. The molecule has 0 saturated carbocycles. The van der Waals surface area contributed by atoms with Crippen LogP contribution in [0.4, 0.5) is 0 Å². The molecule has 1 rings (SSSR count). The van der Waals surface area contributed by atoms with Crippen molar-refractivity contribution in [3.05, 3.63) is 12.2 Å². The molecule has 0 aromatic carbocycles. The topological polar surface area (TPSA) is 29.4 Å². The number of isocyanates is 1. The fourth-order valence-electron chi connectivity index (χ4n) is 1.12. The van der Waals surface area contributed by atoms with Gasteiger partial charge in [-0.3, -0.25) is 0 Å². The molecule has 1 atom stereocenters. The van der Waals surface area contributed by atoms with Gasteiger partial charge in [0.1, 0.15) is 0 Å². The molecular formula is C8H11NOS. The summed E-state index contributed by atoms with van der Waals surface area (Å²) in [5.74, 6) is 2.94. The standard InChI is InChI=1S/C8H11NOS/c1-7(4-9-6-10)8-2-3-11-5-8/h8H,1-5H2. The summed E-state index contributed by atoms with van der Waals surface area (Å²) in [6.07, 6.45) is 2.72. The Hall–Kier alpha value is -0.530. The van der Waals surface area contributed by atoms with Crippen molar-refractivity contribution in [2.24, 2.45) is 10.9 Å². The monoisotopic (exact) mass is 169 g/mol. The fourth-order valence-corrected chi connectivity index (χ4v) is 2.42. The lowest BCUT2D eigenvalue weighted by Crippen LogP contribution is -2.03. The van der Waals surface area contributed by atoms with Crippen molar-refractivity contribution in [1.29, 1.82) is 0 Å². The third-order valence-electron chi connectivity index (χ3n) is 1.85. The lowest BCUT2D eigenvalue weighted by Gasteiger charge is -2.07. The summed E-state index contributed by atoms with van der Waals surface area (Å²) >= 11 is 1.94. The van der Waals surface area contributed by atoms with Crippen LogP contribution in [-0.4, -0.2) is 24.1 Å². The minimum atomic E-state index is 0.467. The van der Waals surface area contributed by atoms with Crippen LogP contribution in [0.3, 0.4) is 0 Å². The Balaban J connectivity index is 2.34. The van der Waals surface area contributed by atoms with E-state index in [2.05, 4.69) is 11.6 Å². The molecule has 0 bridgehead atoms. The van der Waals surface area contributed by atoms with Crippen LogP contribution in [0.2, 0.25) is 0 Å². The lowest BCUT2D eigenvalue weighted by atomic mass is 10.0. The maximum atomic E-state index is 9.79. The van der Waals surface area contributed by atoms with Gasteiger partial charge in [0.05, 0.1) is 6.54 Å². The summed E-state index contributed by atoms with van der Waals surface area (Å²) in [5.41, 5.74) is 1.08. The van der Waals surface area contributed by atoms with E-state index >= 15 is 0 Å². The first-order valence-corrected chi connectivity index (χ1v) is 4.79. The van der Waals surface area contributed by atoms with Crippen LogP contribution in [0.1, 0.15) is 6.42 Å². The smallest absolute Gasteiger partial charge is 0.211 e. The van der Waals surface area contributed by atoms with Crippen LogP contribution >= 0.6 is 11.8 Å². The van der Waals surface area contributed by atoms with Gasteiger partial charge in [-0.25, -0.2) is 9.79 Å². The molecule has 2 nitrogen and oxygen atoms in total. The molecule has 0 N–H and O–H groups in total. The Kier molecular flexibility index (Phi) is 3.40. The number of hydrogen-bond donors (Lipinski definition) is 0. The average molecular weight is 169 g/mol. The number of carbonyl (C=O) groups excluding carboxylic acids is 1. The fraction of sp³-hybridized carbons (Fsp3) is 0.625. The molecular weight excluding hydrogens is 158 g/mol. The third-order valence-corrected chi connectivity index (χ3v) is 3.02. The molecule has 0 amide bonds. The number of rotatable bonds is 3. The van der Waals surface area contributed by atoms with Gasteiger partial charge in [-0.05, 0) is 23.8 Å². The lowest BCUT2D eigenvalue weighted by molar-refractivity contribution is 0.562. The van der Waals surface area contributed by atoms with E-state index < -0.39 is 0 Å². The highest BCUT2D eigenvalue weighted by atomic mass is 32.2. The second kappa shape index (κ2) is 4.37. The van der Waals surface area contributed by atoms with Gasteiger partial charge in [-0.1, -0.05) is 12.2 Å². The van der Waals surface area contributed by atoms with E-state index in [0.29, 0.717) is 12.5 Å². The number of nitrogens with zero attached hydrogens (tertiary/aromatic N) is 1. The van der Waals surface area contributed by atoms with Crippen molar-refractivity contribution < 1.29 is 4.79 Å². The second-order valence-corrected chi connectivity index (χ2v) is 3.78. The minimum Gasteiger partial charge on any atom is -0.211 e. The van der Waals surface area contributed by atoms with Crippen molar-refractivity contribution in [2.45, 2.75) is 6.42 Å². The van der Waals surface area contributed by atoms with Crippen molar-refractivity contribution in [2.75, 3.05) is 18.1 Å². The zero-order valence-electron chi connectivity index (χ0n) is 6.38. The van der Waals surface area contributed by atoms with Gasteiger partial charge in [0.15, 0.2) is 0 Å². The highest BCUT2D eigenvalue weighted by molar-refractivity contribution is 7.99. The van der Waals surface area contributed by atoms with Crippen molar-refractivity contribution in [1.82, 2.24) is 0 Å². The summed E-state index contributed by atoms with van der Waals surface area (Å²) in [5, 5.41) is 0. The van der Waals surface area contributed by atoms with Crippen LogP contribution in [0.25, 0.3) is 0 Å². The van der Waals surface area contributed by atoms with E-state index in [9.17, 15) is 4.79 Å². The first kappa shape index (κ1) is 8.57. The predicted molar refractivity (Wildman–Crippen MR) is 47.6 cm³/mol. The molecule has 1 saturated heterocycles. The maximum Gasteiger partial charge on any atom is 0.235 e. The zero-order valence-corrected chi connectivity index (χ0v) is 7.19. The van der Waals surface area contributed by atoms with E-state index in [1.54, 1.807) is 0 Å². The van der Waals surface area contributed by atoms with Gasteiger partial charge in [0, 0.05) is 0 Å². The van der Waals surface area contributed by atoms with Crippen LogP contribution in [0.15, 0.2) is 17.1 Å². The second-order valence-electron chi connectivity index (χ2n) is 2.63. The largest absolute Gasteiger partial charge is 0.235 e. The van der Waals surface area contributed by atoms with Crippen molar-refractivity contribution in [3.8, 4) is 0 Å². The molecule has 1 fully saturated rings. The van der Waals surface area contributed by atoms with Gasteiger partial charge in [0.2, 0.25) is 6.08 Å². The van der Waals surface area contributed by atoms with Crippen LogP contribution in [0, 0.1) is 5.92 Å². The molecule has 1 heterocycles. The van der Waals surface area contributed by atoms with E-state index in [-0.39, 0.29) is 0 Å². The SMILES string of the molecule is C=C(CN=C=O)C1CCSC1. The van der Waals surface area contributed by atoms with Gasteiger partial charge in [-0.15, -0.1) is 0 Å². The van der Waals surface area contributed by atoms with Crippen LogP contribution in [-0.2, 0) is 4.79 Å². The molecule has 0 aliphatic carbocycles. The summed E-state index contributed by atoms with van der Waals surface area (Å²) in [7, 11) is 0. The molecule has 0 aromatic rings. The Morgan fingerprint density at radius 1 is 1.82 bits per heavy atom. The summed E-state index contributed by atoms with van der Waals surface area (Å²) in [4.78, 5) is 13.3. The maximum absolute atomic E-state index is 9.79. The Morgan fingerprint density at radius 2 is 2.64 bits per heavy atom. The molecule has 0 spiro atoms. The number of aliphatic imine (C=N–C) groups is 1. The molecule has 60 valence electrons. The summed E-state index contributed by atoms with van der Waals surface area (Å²) < 4.78 is 0. The van der Waals surface area contributed by atoms with Crippen molar-refractivity contribution >= 4 is 17.8 Å². The highest BCUT2D eigenvalue weighted by Crippen LogP contribution is 2.28. The van der Waals surface area contributed by atoms with E-state index in [0.717, 1.165) is 11.3 Å². The predicted octanol–water partition coefficient (Wildman–Crippen LogP) is 1.63. The Labute approximate surface area is 70.8 Å². The Morgan fingerprint density at radius 3 is 3.18 bits per heavy atom. The third kappa shape index (κ3) is 2.52. The van der Waals surface area contributed by atoms with Gasteiger partial charge in [0.25, 0.3) is 0 Å². The minimum absolute atomic E-state index is 0.467. The molecule has 1 aliphatic rings. The van der Waals surface area contributed by atoms with Gasteiger partial charge < -0.3 is 0 Å². The van der Waals surface area contributed by atoms with Gasteiger partial charge >= 0.3 is 0 Å². The van der Waals surface area contributed by atoms with Crippen molar-refractivity contribution in [3.63, 3.8) is 0 Å². The summed E-state index contributed by atoms with van der Waals surface area (Å²) in [6, 6.07) is 0. The summed E-state index contributed by atoms with van der Waals surface area (Å²) in [6.45, 7) is 4.36. The molecule has 0 aromatic heterocycles. The number of thioether (sulfide) groups is 1. The van der Waals surface area contributed by atoms with Crippen LogP contribution < -0.4 is 0 Å². The van der Waals surface area contributed by atoms with Crippen LogP contribution in [0.5, 0.6) is 0 Å². The highest BCUT2D eigenvalue weighted by Gasteiger charge is 2.17. The number of hydrogen-bond acceptors (Lipinski definition) is 3. The van der Waals surface area contributed by atoms with E-state index in [1.165, 1.54) is 18.3 Å². The zero-order chi connectivity index (χ0) is 8.10.